The van der Waals surface area contributed by atoms with Crippen LogP contribution in [-0.2, 0) is 11.3 Å². The molecule has 4 rings (SSSR count). The molecule has 1 N–H and O–H groups in total. The summed E-state index contributed by atoms with van der Waals surface area (Å²) in [6, 6.07) is 12.0. The zero-order chi connectivity index (χ0) is 22.0. The minimum Gasteiger partial charge on any atom is -0.497 e. The van der Waals surface area contributed by atoms with Crippen LogP contribution in [-0.4, -0.2) is 22.2 Å². The lowest BCUT2D eigenvalue weighted by Gasteiger charge is -2.24. The monoisotopic (exact) mass is 485 g/mol. The van der Waals surface area contributed by atoms with Crippen molar-refractivity contribution >= 4 is 38.4 Å². The number of carbonyl (C=O) groups excluding carboxylic acids is 1. The predicted octanol–water partition coefficient (Wildman–Crippen LogP) is 4.08. The fourth-order valence-corrected chi connectivity index (χ4v) is 4.56. The minimum atomic E-state index is -0.434. The third-order valence-electron chi connectivity index (χ3n) is 5.75. The van der Waals surface area contributed by atoms with E-state index in [0.717, 1.165) is 36.6 Å². The molecule has 0 atom stereocenters. The highest BCUT2D eigenvalue weighted by Gasteiger charge is 2.23. The van der Waals surface area contributed by atoms with Crippen LogP contribution in [0.15, 0.2) is 56.5 Å². The van der Waals surface area contributed by atoms with Gasteiger partial charge in [-0.1, -0.05) is 35.2 Å². The fraction of sp³-hybridized carbons (Fsp3) is 0.348. The minimum absolute atomic E-state index is 0.131. The van der Waals surface area contributed by atoms with Gasteiger partial charge in [-0.15, -0.1) is 0 Å². The summed E-state index contributed by atoms with van der Waals surface area (Å²) in [5.41, 5.74) is 0.332. The van der Waals surface area contributed by atoms with E-state index in [-0.39, 0.29) is 24.1 Å². The van der Waals surface area contributed by atoms with Crippen LogP contribution in [0.25, 0.3) is 10.9 Å². The summed E-state index contributed by atoms with van der Waals surface area (Å²) in [6.45, 7) is -0.185. The number of rotatable bonds is 5. The molecule has 0 bridgehead atoms. The van der Waals surface area contributed by atoms with Crippen LogP contribution in [0, 0.1) is 0 Å². The molecule has 162 valence electrons. The number of benzene rings is 2. The van der Waals surface area contributed by atoms with E-state index < -0.39 is 5.69 Å². The van der Waals surface area contributed by atoms with E-state index in [9.17, 15) is 14.4 Å². The van der Waals surface area contributed by atoms with Crippen LogP contribution in [0.1, 0.15) is 38.1 Å². The average Bonchev–Trinajstić information content (AvgIpc) is 2.78. The number of carbonyl (C=O) groups is 1. The van der Waals surface area contributed by atoms with Crippen molar-refractivity contribution in [3.05, 3.63) is 67.8 Å². The van der Waals surface area contributed by atoms with Crippen LogP contribution < -0.4 is 21.3 Å². The van der Waals surface area contributed by atoms with Crippen LogP contribution in [0.4, 0.5) is 5.69 Å². The Kier molecular flexibility index (Phi) is 6.27. The van der Waals surface area contributed by atoms with E-state index in [1.54, 1.807) is 49.6 Å². The van der Waals surface area contributed by atoms with Gasteiger partial charge in [0.25, 0.3) is 5.56 Å². The fourth-order valence-electron chi connectivity index (χ4n) is 4.20. The third-order valence-corrected chi connectivity index (χ3v) is 6.24. The molecule has 1 saturated carbocycles. The first-order valence-electron chi connectivity index (χ1n) is 10.4. The smallest absolute Gasteiger partial charge is 0.332 e. The zero-order valence-electron chi connectivity index (χ0n) is 17.3. The molecule has 0 saturated heterocycles. The van der Waals surface area contributed by atoms with Crippen molar-refractivity contribution in [2.75, 3.05) is 12.4 Å². The topological polar surface area (TPSA) is 82.3 Å². The summed E-state index contributed by atoms with van der Waals surface area (Å²) in [5.74, 6) is 0.343. The van der Waals surface area contributed by atoms with Gasteiger partial charge in [-0.2, -0.15) is 0 Å². The van der Waals surface area contributed by atoms with Gasteiger partial charge in [0.15, 0.2) is 0 Å². The average molecular weight is 486 g/mol. The summed E-state index contributed by atoms with van der Waals surface area (Å²) in [4.78, 5) is 39.4. The van der Waals surface area contributed by atoms with Crippen molar-refractivity contribution in [2.45, 2.75) is 44.7 Å². The Balaban J connectivity index is 1.74. The summed E-state index contributed by atoms with van der Waals surface area (Å²) in [6.07, 6.45) is 4.69. The number of aromatic nitrogens is 2. The second-order valence-corrected chi connectivity index (χ2v) is 8.69. The normalized spacial score (nSPS) is 14.5. The lowest BCUT2D eigenvalue weighted by atomic mass is 9.95. The van der Waals surface area contributed by atoms with Gasteiger partial charge in [0, 0.05) is 16.2 Å². The van der Waals surface area contributed by atoms with Gasteiger partial charge in [0.05, 0.1) is 18.0 Å². The second-order valence-electron chi connectivity index (χ2n) is 7.77. The number of nitrogens with one attached hydrogen (secondary N) is 1. The van der Waals surface area contributed by atoms with Gasteiger partial charge in [-0.25, -0.2) is 4.79 Å². The standard InChI is InChI=1S/C23H24BrN3O4/c1-31-18-10-8-16(9-11-18)25-21(28)14-26-20-12-7-15(24)13-19(20)22(29)27(23(26)30)17-5-3-2-4-6-17/h7-13,17H,2-6,14H2,1H3,(H,25,28). The molecule has 0 aliphatic heterocycles. The SMILES string of the molecule is COc1ccc(NC(=O)Cn2c(=O)n(C3CCCCC3)c(=O)c3cc(Br)ccc32)cc1. The summed E-state index contributed by atoms with van der Waals surface area (Å²) in [7, 11) is 1.57. The maximum Gasteiger partial charge on any atom is 0.332 e. The molecule has 8 heteroatoms. The molecular formula is C23H24BrN3O4. The highest BCUT2D eigenvalue weighted by molar-refractivity contribution is 9.10. The van der Waals surface area contributed by atoms with Crippen molar-refractivity contribution in [3.63, 3.8) is 0 Å². The molecule has 7 nitrogen and oxygen atoms in total. The molecule has 0 spiro atoms. The highest BCUT2D eigenvalue weighted by Crippen LogP contribution is 2.27. The van der Waals surface area contributed by atoms with Gasteiger partial charge < -0.3 is 10.1 Å². The Morgan fingerprint density at radius 3 is 2.48 bits per heavy atom. The number of anilines is 1. The van der Waals surface area contributed by atoms with E-state index in [1.807, 2.05) is 0 Å². The van der Waals surface area contributed by atoms with Crippen LogP contribution in [0.2, 0.25) is 0 Å². The van der Waals surface area contributed by atoms with Gasteiger partial charge in [-0.05, 0) is 55.3 Å². The van der Waals surface area contributed by atoms with Crippen molar-refractivity contribution in [1.82, 2.24) is 9.13 Å². The van der Waals surface area contributed by atoms with E-state index in [1.165, 1.54) is 9.13 Å². The first-order chi connectivity index (χ1) is 15.0. The Morgan fingerprint density at radius 2 is 1.81 bits per heavy atom. The van der Waals surface area contributed by atoms with E-state index in [2.05, 4.69) is 21.2 Å². The molecule has 1 amide bonds. The molecule has 1 aromatic heterocycles. The Bertz CT molecular complexity index is 1220. The van der Waals surface area contributed by atoms with Crippen LogP contribution in [0.5, 0.6) is 5.75 Å². The molecular weight excluding hydrogens is 462 g/mol. The number of nitrogens with zero attached hydrogens (tertiary/aromatic N) is 2. The molecule has 1 fully saturated rings. The van der Waals surface area contributed by atoms with Gasteiger partial charge in [0.1, 0.15) is 12.3 Å². The molecule has 0 radical (unpaired) electrons. The summed E-state index contributed by atoms with van der Waals surface area (Å²) < 4.78 is 8.64. The molecule has 1 aliphatic carbocycles. The molecule has 31 heavy (non-hydrogen) atoms. The molecule has 0 unspecified atom stereocenters. The Labute approximate surface area is 187 Å². The zero-order valence-corrected chi connectivity index (χ0v) is 18.9. The summed E-state index contributed by atoms with van der Waals surface area (Å²) in [5, 5.41) is 3.24. The van der Waals surface area contributed by atoms with Gasteiger partial charge in [0.2, 0.25) is 5.91 Å². The number of halogens is 1. The number of amides is 1. The number of fused-ring (bicyclic) bond motifs is 1. The van der Waals surface area contributed by atoms with Gasteiger partial charge in [-0.3, -0.25) is 18.7 Å². The lowest BCUT2D eigenvalue weighted by Crippen LogP contribution is -2.44. The first-order valence-corrected chi connectivity index (χ1v) is 11.2. The van der Waals surface area contributed by atoms with E-state index >= 15 is 0 Å². The van der Waals surface area contributed by atoms with E-state index in [4.69, 9.17) is 4.74 Å². The lowest BCUT2D eigenvalue weighted by molar-refractivity contribution is -0.116. The maximum absolute atomic E-state index is 13.4. The van der Waals surface area contributed by atoms with Crippen molar-refractivity contribution in [2.24, 2.45) is 0 Å². The molecule has 2 aromatic carbocycles. The predicted molar refractivity (Wildman–Crippen MR) is 124 cm³/mol. The van der Waals surface area contributed by atoms with Crippen LogP contribution >= 0.6 is 15.9 Å². The third kappa shape index (κ3) is 4.44. The maximum atomic E-state index is 13.4. The van der Waals surface area contributed by atoms with Crippen molar-refractivity contribution in [1.29, 1.82) is 0 Å². The number of ether oxygens (including phenoxy) is 1. The molecule has 1 aliphatic rings. The van der Waals surface area contributed by atoms with Gasteiger partial charge >= 0.3 is 5.69 Å². The Morgan fingerprint density at radius 1 is 1.10 bits per heavy atom. The molecule has 1 heterocycles. The quantitative estimate of drug-likeness (QED) is 0.590. The second kappa shape index (κ2) is 9.09. The number of hydrogen-bond donors (Lipinski definition) is 1. The molecule has 3 aromatic rings. The van der Waals surface area contributed by atoms with Crippen molar-refractivity contribution < 1.29 is 9.53 Å². The van der Waals surface area contributed by atoms with Crippen LogP contribution in [0.3, 0.4) is 0 Å². The largest absolute Gasteiger partial charge is 0.497 e. The highest BCUT2D eigenvalue weighted by atomic mass is 79.9. The Hall–Kier alpha value is -2.87. The first kappa shape index (κ1) is 21.4. The summed E-state index contributed by atoms with van der Waals surface area (Å²) >= 11 is 3.41. The number of methoxy groups -OCH3 is 1. The van der Waals surface area contributed by atoms with Crippen molar-refractivity contribution in [3.8, 4) is 5.75 Å². The number of hydrogen-bond acceptors (Lipinski definition) is 4. The van der Waals surface area contributed by atoms with E-state index in [0.29, 0.717) is 22.3 Å².